The fourth-order valence-electron chi connectivity index (χ4n) is 2.95. The first-order chi connectivity index (χ1) is 13.1. The zero-order valence-electron chi connectivity index (χ0n) is 15.5. The van der Waals surface area contributed by atoms with Crippen LogP contribution in [0.1, 0.15) is 10.4 Å². The number of aromatic nitrogens is 1. The Morgan fingerprint density at radius 1 is 1.07 bits per heavy atom. The van der Waals surface area contributed by atoms with Crippen molar-refractivity contribution in [3.05, 3.63) is 42.2 Å². The van der Waals surface area contributed by atoms with Crippen LogP contribution in [0.3, 0.4) is 0 Å². The summed E-state index contributed by atoms with van der Waals surface area (Å²) in [4.78, 5) is 11.4. The molecule has 8 nitrogen and oxygen atoms in total. The number of nitrogens with zero attached hydrogens (tertiary/aromatic N) is 1. The Bertz CT molecular complexity index is 1030. The van der Waals surface area contributed by atoms with Crippen LogP contribution in [0.2, 0.25) is 0 Å². The van der Waals surface area contributed by atoms with Crippen molar-refractivity contribution in [3.8, 4) is 45.4 Å². The summed E-state index contributed by atoms with van der Waals surface area (Å²) in [6.45, 7) is 0.105. The Labute approximate surface area is 182 Å². The molecule has 0 N–H and O–H groups in total. The van der Waals surface area contributed by atoms with Gasteiger partial charge >= 0.3 is 29.6 Å². The van der Waals surface area contributed by atoms with E-state index in [1.807, 2.05) is 0 Å². The van der Waals surface area contributed by atoms with Gasteiger partial charge in [-0.3, -0.25) is 0 Å². The summed E-state index contributed by atoms with van der Waals surface area (Å²) in [6.07, 6.45) is 1.44. The number of fused-ring (bicyclic) bond motifs is 1. The molecule has 9 heteroatoms. The van der Waals surface area contributed by atoms with Crippen molar-refractivity contribution >= 4 is 5.97 Å². The maximum atomic E-state index is 11.4. The van der Waals surface area contributed by atoms with Gasteiger partial charge in [-0.15, -0.1) is 0 Å². The van der Waals surface area contributed by atoms with Crippen LogP contribution in [0.25, 0.3) is 22.4 Å². The summed E-state index contributed by atoms with van der Waals surface area (Å²) in [7, 11) is 2.92. The molecule has 0 atom stereocenters. The molecule has 2 aromatic carbocycles. The minimum absolute atomic E-state index is 0. The number of carbonyl (C=O) groups is 1. The van der Waals surface area contributed by atoms with Gasteiger partial charge in [-0.05, 0) is 29.8 Å². The van der Waals surface area contributed by atoms with Gasteiger partial charge in [0.15, 0.2) is 11.5 Å². The molecule has 1 aliphatic rings. The summed E-state index contributed by atoms with van der Waals surface area (Å²) in [5.41, 5.74) is 2.29. The second-order valence-corrected chi connectivity index (χ2v) is 5.69. The molecule has 1 aliphatic heterocycles. The molecule has 0 saturated heterocycles. The molecule has 0 fully saturated rings. The first kappa shape index (κ1) is 20.1. The van der Waals surface area contributed by atoms with Crippen molar-refractivity contribution in [2.24, 2.45) is 0 Å². The molecule has 3 aromatic rings. The Hall–Kier alpha value is -2.68. The first-order valence-electron chi connectivity index (χ1n) is 7.94. The molecule has 0 unspecified atom stereocenters. The van der Waals surface area contributed by atoms with Gasteiger partial charge in [0.2, 0.25) is 12.5 Å². The van der Waals surface area contributed by atoms with Gasteiger partial charge in [0.25, 0.3) is 0 Å². The molecule has 1 aromatic heterocycles. The number of ether oxygens (including phenoxy) is 4. The van der Waals surface area contributed by atoms with E-state index in [4.69, 9.17) is 23.5 Å². The van der Waals surface area contributed by atoms with Crippen LogP contribution < -0.4 is 53.6 Å². The molecule has 2 heterocycles. The molecule has 0 aliphatic carbocycles. The monoisotopic (exact) mass is 391 g/mol. The van der Waals surface area contributed by atoms with E-state index in [1.54, 1.807) is 24.3 Å². The van der Waals surface area contributed by atoms with Crippen LogP contribution in [-0.2, 0) is 0 Å². The van der Waals surface area contributed by atoms with Gasteiger partial charge in [0, 0.05) is 16.7 Å². The van der Waals surface area contributed by atoms with E-state index in [9.17, 15) is 9.90 Å². The van der Waals surface area contributed by atoms with Gasteiger partial charge in [-0.1, -0.05) is 11.2 Å². The summed E-state index contributed by atoms with van der Waals surface area (Å²) < 4.78 is 26.4. The molecule has 0 radical (unpaired) electrons. The van der Waals surface area contributed by atoms with E-state index < -0.39 is 5.97 Å². The molecule has 4 rings (SSSR count). The van der Waals surface area contributed by atoms with Crippen molar-refractivity contribution < 1.29 is 62.9 Å². The standard InChI is InChI=1S/C19H15NO7.Na/c1-23-14-4-3-10(5-12(14)19(21)22)13-8-27-20-17(13)11-6-15(24-2)18-16(7-11)25-9-26-18;/h3-8H,9H2,1-2H3,(H,21,22);/q;+1/p-1. The molecule has 28 heavy (non-hydrogen) atoms. The first-order valence-corrected chi connectivity index (χ1v) is 7.94. The van der Waals surface area contributed by atoms with Crippen molar-refractivity contribution in [1.82, 2.24) is 5.16 Å². The second kappa shape index (κ2) is 8.14. The van der Waals surface area contributed by atoms with Crippen LogP contribution in [0, 0.1) is 0 Å². The number of hydrogen-bond donors (Lipinski definition) is 0. The van der Waals surface area contributed by atoms with Crippen molar-refractivity contribution in [2.45, 2.75) is 0 Å². The largest absolute Gasteiger partial charge is 1.00 e. The van der Waals surface area contributed by atoms with E-state index in [1.165, 1.54) is 26.5 Å². The third-order valence-electron chi connectivity index (χ3n) is 4.23. The van der Waals surface area contributed by atoms with Crippen molar-refractivity contribution in [2.75, 3.05) is 21.0 Å². The van der Waals surface area contributed by atoms with Gasteiger partial charge in [-0.25, -0.2) is 0 Å². The van der Waals surface area contributed by atoms with Crippen LogP contribution in [0.5, 0.6) is 23.0 Å². The summed E-state index contributed by atoms with van der Waals surface area (Å²) in [5.74, 6) is 0.426. The van der Waals surface area contributed by atoms with E-state index >= 15 is 0 Å². The molecule has 0 amide bonds. The fourth-order valence-corrected chi connectivity index (χ4v) is 2.95. The predicted molar refractivity (Wildman–Crippen MR) is 90.9 cm³/mol. The number of carboxylic acids is 1. The Morgan fingerprint density at radius 2 is 1.86 bits per heavy atom. The number of aromatic carboxylic acids is 1. The Morgan fingerprint density at radius 3 is 2.57 bits per heavy atom. The fraction of sp³-hybridized carbons (Fsp3) is 0.158. The molecule has 138 valence electrons. The van der Waals surface area contributed by atoms with Gasteiger partial charge in [0.1, 0.15) is 17.7 Å². The van der Waals surface area contributed by atoms with Gasteiger partial charge < -0.3 is 33.4 Å². The van der Waals surface area contributed by atoms with Gasteiger partial charge in [-0.2, -0.15) is 0 Å². The Kier molecular flexibility index (Phi) is 5.83. The topological polar surface area (TPSA) is 103 Å². The van der Waals surface area contributed by atoms with Crippen LogP contribution in [0.4, 0.5) is 0 Å². The van der Waals surface area contributed by atoms with Crippen molar-refractivity contribution in [3.63, 3.8) is 0 Å². The molecule has 0 spiro atoms. The molecule has 0 bridgehead atoms. The maximum absolute atomic E-state index is 11.4. The molecular formula is C19H14NNaO7. The van der Waals surface area contributed by atoms with E-state index in [0.29, 0.717) is 39.6 Å². The van der Waals surface area contributed by atoms with Crippen LogP contribution >= 0.6 is 0 Å². The van der Waals surface area contributed by atoms with Crippen LogP contribution in [-0.4, -0.2) is 32.1 Å². The third-order valence-corrected chi connectivity index (χ3v) is 4.23. The average molecular weight is 391 g/mol. The summed E-state index contributed by atoms with van der Waals surface area (Å²) in [6, 6.07) is 8.23. The minimum atomic E-state index is -1.34. The summed E-state index contributed by atoms with van der Waals surface area (Å²) in [5, 5.41) is 15.5. The van der Waals surface area contributed by atoms with E-state index in [0.717, 1.165) is 0 Å². The quantitative estimate of drug-likeness (QED) is 0.517. The number of carbonyl (C=O) groups excluding carboxylic acids is 1. The number of carboxylic acid groups (broad SMARTS) is 1. The molecular weight excluding hydrogens is 377 g/mol. The third kappa shape index (κ3) is 3.42. The number of benzene rings is 2. The van der Waals surface area contributed by atoms with Crippen LogP contribution in [0.15, 0.2) is 41.1 Å². The average Bonchev–Trinajstić information content (AvgIpc) is 3.35. The number of methoxy groups -OCH3 is 2. The normalized spacial score (nSPS) is 11.6. The zero-order chi connectivity index (χ0) is 19.0. The second-order valence-electron chi connectivity index (χ2n) is 5.69. The van der Waals surface area contributed by atoms with Crippen molar-refractivity contribution in [1.29, 1.82) is 0 Å². The number of hydrogen-bond acceptors (Lipinski definition) is 8. The van der Waals surface area contributed by atoms with E-state index in [2.05, 4.69) is 5.16 Å². The maximum Gasteiger partial charge on any atom is 1.00 e. The SMILES string of the molecule is COc1ccc(-c2conc2-c2cc(OC)c3c(c2)OCO3)cc1C(=O)[O-].[Na+]. The number of rotatable bonds is 5. The predicted octanol–water partition coefficient (Wildman–Crippen LogP) is -0.878. The van der Waals surface area contributed by atoms with E-state index in [-0.39, 0.29) is 47.7 Å². The Balaban J connectivity index is 0.00000225. The summed E-state index contributed by atoms with van der Waals surface area (Å²) >= 11 is 0. The molecule has 0 saturated carbocycles. The van der Waals surface area contributed by atoms with Gasteiger partial charge in [0.05, 0.1) is 20.2 Å². The minimum Gasteiger partial charge on any atom is -0.545 e. The smallest absolute Gasteiger partial charge is 0.545 e. The zero-order valence-corrected chi connectivity index (χ0v) is 17.5.